The summed E-state index contributed by atoms with van der Waals surface area (Å²) in [6.07, 6.45) is 0.295. The van der Waals surface area contributed by atoms with Gasteiger partial charge in [0.15, 0.2) is 11.5 Å². The molecule has 1 aromatic rings. The Kier molecular flexibility index (Phi) is 5.00. The maximum atomic E-state index is 11.1. The van der Waals surface area contributed by atoms with Crippen molar-refractivity contribution in [1.29, 1.82) is 0 Å². The van der Waals surface area contributed by atoms with Crippen molar-refractivity contribution in [1.82, 2.24) is 0 Å². The molecule has 0 aliphatic heterocycles. The van der Waals surface area contributed by atoms with Crippen molar-refractivity contribution in [3.8, 4) is 17.2 Å². The van der Waals surface area contributed by atoms with Crippen molar-refractivity contribution in [3.05, 3.63) is 18.2 Å². The molecule has 19 heavy (non-hydrogen) atoms. The molecule has 0 saturated carbocycles. The summed E-state index contributed by atoms with van der Waals surface area (Å²) in [5.41, 5.74) is 9.84. The topological polar surface area (TPSA) is 96.8 Å². The summed E-state index contributed by atoms with van der Waals surface area (Å²) in [4.78, 5) is 11.1. The molecule has 1 atom stereocenters. The average molecular weight is 268 g/mol. The quantitative estimate of drug-likeness (QED) is 0.757. The van der Waals surface area contributed by atoms with E-state index < -0.39 is 11.4 Å². The average Bonchev–Trinajstić information content (AvgIpc) is 2.38. The highest BCUT2D eigenvalue weighted by Crippen LogP contribution is 2.36. The van der Waals surface area contributed by atoms with Crippen LogP contribution >= 0.6 is 0 Å². The Morgan fingerprint density at radius 2 is 1.79 bits per heavy atom. The van der Waals surface area contributed by atoms with E-state index in [0.29, 0.717) is 23.7 Å². The summed E-state index contributed by atoms with van der Waals surface area (Å²) in [6, 6.07) is 5.31. The number of amides is 1. The first-order valence-electron chi connectivity index (χ1n) is 5.85. The van der Waals surface area contributed by atoms with Crippen molar-refractivity contribution < 1.29 is 19.0 Å². The summed E-state index contributed by atoms with van der Waals surface area (Å²) < 4.78 is 16.0. The summed E-state index contributed by atoms with van der Waals surface area (Å²) in [5, 5.41) is 0. The number of ether oxygens (including phenoxy) is 3. The SMILES string of the molecule is COc1cccc(OC)c1OCCC(C)(N)C(N)=O. The van der Waals surface area contributed by atoms with E-state index in [1.165, 1.54) is 14.2 Å². The number of para-hydroxylation sites is 1. The lowest BCUT2D eigenvalue weighted by atomic mass is 9.99. The number of primary amides is 1. The van der Waals surface area contributed by atoms with Gasteiger partial charge in [0.05, 0.1) is 26.4 Å². The van der Waals surface area contributed by atoms with E-state index in [2.05, 4.69) is 0 Å². The Morgan fingerprint density at radius 3 is 2.21 bits per heavy atom. The van der Waals surface area contributed by atoms with Gasteiger partial charge in [0.25, 0.3) is 0 Å². The molecular weight excluding hydrogens is 248 g/mol. The fourth-order valence-corrected chi connectivity index (χ4v) is 1.45. The Balaban J connectivity index is 2.75. The second-order valence-corrected chi connectivity index (χ2v) is 4.37. The largest absolute Gasteiger partial charge is 0.493 e. The van der Waals surface area contributed by atoms with Gasteiger partial charge >= 0.3 is 0 Å². The van der Waals surface area contributed by atoms with Crippen molar-refractivity contribution >= 4 is 5.91 Å². The monoisotopic (exact) mass is 268 g/mol. The lowest BCUT2D eigenvalue weighted by molar-refractivity contribution is -0.123. The fraction of sp³-hybridized carbons (Fsp3) is 0.462. The molecule has 6 nitrogen and oxygen atoms in total. The van der Waals surface area contributed by atoms with Crippen LogP contribution in [0.25, 0.3) is 0 Å². The molecule has 6 heteroatoms. The summed E-state index contributed by atoms with van der Waals surface area (Å²) in [5.74, 6) is 1.02. The van der Waals surface area contributed by atoms with Crippen molar-refractivity contribution in [2.75, 3.05) is 20.8 Å². The fourth-order valence-electron chi connectivity index (χ4n) is 1.45. The minimum absolute atomic E-state index is 0.229. The molecule has 0 saturated heterocycles. The number of hydrogen-bond acceptors (Lipinski definition) is 5. The van der Waals surface area contributed by atoms with E-state index in [1.54, 1.807) is 25.1 Å². The number of carbonyl (C=O) groups excluding carboxylic acids is 1. The molecule has 106 valence electrons. The Hall–Kier alpha value is -1.95. The summed E-state index contributed by atoms with van der Waals surface area (Å²) >= 11 is 0. The number of hydrogen-bond donors (Lipinski definition) is 2. The first-order chi connectivity index (χ1) is 8.92. The molecule has 0 fully saturated rings. The van der Waals surface area contributed by atoms with E-state index in [-0.39, 0.29) is 6.61 Å². The van der Waals surface area contributed by atoms with Gasteiger partial charge in [0.2, 0.25) is 11.7 Å². The number of carbonyl (C=O) groups is 1. The number of methoxy groups -OCH3 is 2. The molecule has 0 aliphatic rings. The lowest BCUT2D eigenvalue weighted by Crippen LogP contribution is -2.50. The molecule has 1 amide bonds. The van der Waals surface area contributed by atoms with Crippen molar-refractivity contribution in [2.45, 2.75) is 18.9 Å². The minimum atomic E-state index is -1.10. The normalized spacial score (nSPS) is 13.5. The first kappa shape index (κ1) is 15.1. The maximum absolute atomic E-state index is 11.1. The molecule has 0 spiro atoms. The van der Waals surface area contributed by atoms with Gasteiger partial charge in [-0.15, -0.1) is 0 Å². The first-order valence-corrected chi connectivity index (χ1v) is 5.85. The summed E-state index contributed by atoms with van der Waals surface area (Å²) in [6.45, 7) is 1.80. The molecule has 4 N–H and O–H groups in total. The van der Waals surface area contributed by atoms with Crippen LogP contribution in [0.15, 0.2) is 18.2 Å². The van der Waals surface area contributed by atoms with Gasteiger partial charge in [-0.3, -0.25) is 4.79 Å². The van der Waals surface area contributed by atoms with Crippen LogP contribution in [0.1, 0.15) is 13.3 Å². The van der Waals surface area contributed by atoms with Crippen molar-refractivity contribution in [2.24, 2.45) is 11.5 Å². The van der Waals surface area contributed by atoms with E-state index in [4.69, 9.17) is 25.7 Å². The predicted octanol–water partition coefficient (Wildman–Crippen LogP) is 0.675. The van der Waals surface area contributed by atoms with Gasteiger partial charge in [0, 0.05) is 6.42 Å². The molecule has 0 aromatic heterocycles. The Morgan fingerprint density at radius 1 is 1.26 bits per heavy atom. The Labute approximate surface area is 112 Å². The van der Waals surface area contributed by atoms with E-state index in [1.807, 2.05) is 0 Å². The molecular formula is C13H20N2O4. The second kappa shape index (κ2) is 6.29. The van der Waals surface area contributed by atoms with Gasteiger partial charge in [-0.2, -0.15) is 0 Å². The second-order valence-electron chi connectivity index (χ2n) is 4.37. The molecule has 0 heterocycles. The minimum Gasteiger partial charge on any atom is -0.493 e. The molecule has 1 aromatic carbocycles. The highest BCUT2D eigenvalue weighted by atomic mass is 16.5. The van der Waals surface area contributed by atoms with Crippen LogP contribution in [0, 0.1) is 0 Å². The highest BCUT2D eigenvalue weighted by molar-refractivity contribution is 5.83. The third-order valence-corrected chi connectivity index (χ3v) is 2.81. The number of rotatable bonds is 7. The number of benzene rings is 1. The third kappa shape index (κ3) is 3.75. The van der Waals surface area contributed by atoms with Gasteiger partial charge in [-0.25, -0.2) is 0 Å². The smallest absolute Gasteiger partial charge is 0.237 e. The standard InChI is InChI=1S/C13H20N2O4/c1-13(15,12(14)16)7-8-19-11-9(17-2)5-4-6-10(11)18-3/h4-6H,7-8,15H2,1-3H3,(H2,14,16). The maximum Gasteiger partial charge on any atom is 0.237 e. The van der Waals surface area contributed by atoms with Crippen LogP contribution < -0.4 is 25.7 Å². The van der Waals surface area contributed by atoms with Gasteiger partial charge < -0.3 is 25.7 Å². The molecule has 0 aliphatic carbocycles. The summed E-state index contributed by atoms with van der Waals surface area (Å²) in [7, 11) is 3.08. The highest BCUT2D eigenvalue weighted by Gasteiger charge is 2.25. The molecule has 0 bridgehead atoms. The van der Waals surface area contributed by atoms with E-state index in [9.17, 15) is 4.79 Å². The van der Waals surface area contributed by atoms with Gasteiger partial charge in [0.1, 0.15) is 0 Å². The zero-order valence-corrected chi connectivity index (χ0v) is 11.4. The van der Waals surface area contributed by atoms with Crippen molar-refractivity contribution in [3.63, 3.8) is 0 Å². The van der Waals surface area contributed by atoms with E-state index in [0.717, 1.165) is 0 Å². The zero-order chi connectivity index (χ0) is 14.5. The third-order valence-electron chi connectivity index (χ3n) is 2.81. The zero-order valence-electron chi connectivity index (χ0n) is 11.4. The predicted molar refractivity (Wildman–Crippen MR) is 71.4 cm³/mol. The molecule has 1 unspecified atom stereocenters. The number of nitrogens with two attached hydrogens (primary N) is 2. The van der Waals surface area contributed by atoms with Crippen LogP contribution in [0.2, 0.25) is 0 Å². The Bertz CT molecular complexity index is 424. The van der Waals surface area contributed by atoms with Crippen LogP contribution in [0.4, 0.5) is 0 Å². The molecule has 0 radical (unpaired) electrons. The van der Waals surface area contributed by atoms with Gasteiger partial charge in [-0.1, -0.05) is 6.07 Å². The lowest BCUT2D eigenvalue weighted by Gasteiger charge is -2.21. The molecule has 1 rings (SSSR count). The van der Waals surface area contributed by atoms with Gasteiger partial charge in [-0.05, 0) is 19.1 Å². The van der Waals surface area contributed by atoms with E-state index >= 15 is 0 Å². The van der Waals surface area contributed by atoms with Crippen LogP contribution in [-0.2, 0) is 4.79 Å². The van der Waals surface area contributed by atoms with Crippen LogP contribution in [0.5, 0.6) is 17.2 Å². The van der Waals surface area contributed by atoms with Crippen LogP contribution in [-0.4, -0.2) is 32.3 Å². The van der Waals surface area contributed by atoms with Crippen LogP contribution in [0.3, 0.4) is 0 Å².